The number of nitrogens with zero attached hydrogens (tertiary/aromatic N) is 3. The number of nitrogens with one attached hydrogen (secondary N) is 1. The zero-order chi connectivity index (χ0) is 26.8. The van der Waals surface area contributed by atoms with E-state index in [4.69, 9.17) is 5.10 Å². The van der Waals surface area contributed by atoms with Crippen LogP contribution < -0.4 is 10.2 Å². The van der Waals surface area contributed by atoms with E-state index in [-0.39, 0.29) is 35.4 Å². The number of aromatic nitrogens is 2. The third-order valence-electron chi connectivity index (χ3n) is 6.48. The highest BCUT2D eigenvalue weighted by Gasteiger charge is 2.37. The number of aryl methyl sites for hydroxylation is 2. The first-order valence-electron chi connectivity index (χ1n) is 12.8. The van der Waals surface area contributed by atoms with Crippen molar-refractivity contribution in [3.05, 3.63) is 101 Å². The molecule has 7 heteroatoms. The van der Waals surface area contributed by atoms with Crippen LogP contribution in [0, 0.1) is 13.8 Å². The topological polar surface area (TPSA) is 67.2 Å². The van der Waals surface area contributed by atoms with Crippen molar-refractivity contribution in [3.8, 4) is 16.9 Å². The van der Waals surface area contributed by atoms with Gasteiger partial charge < -0.3 is 5.32 Å². The molecule has 0 aliphatic carbocycles. The number of benzene rings is 3. The number of hydrogen-bond donors (Lipinski definition) is 1. The van der Waals surface area contributed by atoms with Gasteiger partial charge in [0.25, 0.3) is 0 Å². The molecule has 2 heterocycles. The van der Waals surface area contributed by atoms with Crippen LogP contribution in [0.15, 0.2) is 78.9 Å². The molecular weight excluding hydrogens is 492 g/mol. The Morgan fingerprint density at radius 2 is 1.71 bits per heavy atom. The van der Waals surface area contributed by atoms with Gasteiger partial charge in [-0.2, -0.15) is 5.10 Å². The fourth-order valence-electron chi connectivity index (χ4n) is 4.88. The van der Waals surface area contributed by atoms with Gasteiger partial charge >= 0.3 is 0 Å². The van der Waals surface area contributed by atoms with Gasteiger partial charge in [0.1, 0.15) is 12.4 Å². The first kappa shape index (κ1) is 25.8. The number of carbonyl (C=O) groups is 2. The summed E-state index contributed by atoms with van der Waals surface area (Å²) >= 11 is 1.59. The van der Waals surface area contributed by atoms with E-state index in [0.717, 1.165) is 39.2 Å². The minimum atomic E-state index is -0.198. The smallest absolute Gasteiger partial charge is 0.240 e. The van der Waals surface area contributed by atoms with Gasteiger partial charge in [0.2, 0.25) is 11.8 Å². The van der Waals surface area contributed by atoms with Crippen molar-refractivity contribution in [1.29, 1.82) is 0 Å². The van der Waals surface area contributed by atoms with Crippen LogP contribution in [-0.2, 0) is 9.59 Å². The second kappa shape index (κ2) is 10.9. The van der Waals surface area contributed by atoms with Gasteiger partial charge in [0, 0.05) is 17.2 Å². The van der Waals surface area contributed by atoms with E-state index >= 15 is 0 Å². The summed E-state index contributed by atoms with van der Waals surface area (Å²) in [7, 11) is 0. The quantitative estimate of drug-likeness (QED) is 0.344. The molecule has 38 heavy (non-hydrogen) atoms. The highest BCUT2D eigenvalue weighted by molar-refractivity contribution is 8.00. The molecule has 4 aromatic rings. The van der Waals surface area contributed by atoms with Crippen molar-refractivity contribution in [2.75, 3.05) is 17.2 Å². The second-order valence-electron chi connectivity index (χ2n) is 10.0. The summed E-state index contributed by atoms with van der Waals surface area (Å²) in [5.41, 5.74) is 6.91. The van der Waals surface area contributed by atoms with Gasteiger partial charge in [0.05, 0.1) is 22.4 Å². The van der Waals surface area contributed by atoms with Crippen LogP contribution in [-0.4, -0.2) is 39.9 Å². The summed E-state index contributed by atoms with van der Waals surface area (Å²) in [6.45, 7) is 7.88. The number of fused-ring (bicyclic) bond motifs is 1. The van der Waals surface area contributed by atoms with Crippen LogP contribution in [0.3, 0.4) is 0 Å². The Balaban J connectivity index is 1.81. The van der Waals surface area contributed by atoms with Gasteiger partial charge in [-0.25, -0.2) is 4.68 Å². The van der Waals surface area contributed by atoms with E-state index < -0.39 is 0 Å². The summed E-state index contributed by atoms with van der Waals surface area (Å²) in [5, 5.41) is 7.96. The maximum atomic E-state index is 13.7. The molecule has 0 fully saturated rings. The second-order valence-corrected chi connectivity index (χ2v) is 11.1. The predicted octanol–water partition coefficient (Wildman–Crippen LogP) is 5.85. The Kier molecular flexibility index (Phi) is 7.38. The van der Waals surface area contributed by atoms with Crippen LogP contribution in [0.4, 0.5) is 5.82 Å². The van der Waals surface area contributed by atoms with E-state index in [2.05, 4.69) is 42.6 Å². The third-order valence-corrected chi connectivity index (χ3v) is 7.73. The largest absolute Gasteiger partial charge is 0.352 e. The number of amides is 2. The van der Waals surface area contributed by atoms with Gasteiger partial charge in [0.15, 0.2) is 0 Å². The average molecular weight is 525 g/mol. The van der Waals surface area contributed by atoms with Crippen LogP contribution >= 0.6 is 11.8 Å². The molecule has 0 spiro atoms. The Hall–Kier alpha value is -3.84. The molecule has 0 radical (unpaired) electrons. The maximum absolute atomic E-state index is 13.7. The summed E-state index contributed by atoms with van der Waals surface area (Å²) in [6.07, 6.45) is 0. The number of thioether (sulfide) groups is 1. The fraction of sp³-hybridized carbons (Fsp3) is 0.258. The molecule has 2 amide bonds. The molecule has 6 nitrogen and oxygen atoms in total. The van der Waals surface area contributed by atoms with Gasteiger partial charge in [-0.3, -0.25) is 14.5 Å². The van der Waals surface area contributed by atoms with Crippen LogP contribution in [0.25, 0.3) is 16.9 Å². The van der Waals surface area contributed by atoms with Crippen molar-refractivity contribution in [2.24, 2.45) is 0 Å². The zero-order valence-corrected chi connectivity index (χ0v) is 23.0. The highest BCUT2D eigenvalue weighted by atomic mass is 32.2. The summed E-state index contributed by atoms with van der Waals surface area (Å²) < 4.78 is 1.85. The number of anilines is 1. The van der Waals surface area contributed by atoms with Gasteiger partial charge in [-0.15, -0.1) is 11.8 Å². The Bertz CT molecular complexity index is 1480. The molecule has 0 bridgehead atoms. The summed E-state index contributed by atoms with van der Waals surface area (Å²) in [6, 6.07) is 26.5. The zero-order valence-electron chi connectivity index (χ0n) is 22.1. The molecule has 0 saturated heterocycles. The molecule has 1 aromatic heterocycles. The van der Waals surface area contributed by atoms with E-state index in [1.54, 1.807) is 16.7 Å². The van der Waals surface area contributed by atoms with Crippen LogP contribution in [0.1, 0.15) is 41.4 Å². The lowest BCUT2D eigenvalue weighted by Gasteiger charge is -2.24. The van der Waals surface area contributed by atoms with Crippen molar-refractivity contribution < 1.29 is 9.59 Å². The lowest BCUT2D eigenvalue weighted by atomic mass is 9.98. The normalized spacial score (nSPS) is 15.3. The molecule has 5 rings (SSSR count). The van der Waals surface area contributed by atoms with E-state index in [1.165, 1.54) is 0 Å². The molecule has 1 atom stereocenters. The van der Waals surface area contributed by atoms with Crippen LogP contribution in [0.5, 0.6) is 0 Å². The molecular formula is C31H32N4O2S. The standard InChI is InChI=1S/C31H32N4O2S/c1-20(2)32-26(36)18-34-27(37)19-38-30(24-14-8-10-21(3)16-24)28-29(23-12-6-5-7-13-23)33-35(31(28)34)25-15-9-11-22(4)17-25/h5-17,20,30H,18-19H2,1-4H3,(H,32,36). The van der Waals surface area contributed by atoms with E-state index in [1.807, 2.05) is 74.0 Å². The minimum Gasteiger partial charge on any atom is -0.352 e. The van der Waals surface area contributed by atoms with E-state index in [0.29, 0.717) is 5.82 Å². The number of rotatable bonds is 6. The summed E-state index contributed by atoms with van der Waals surface area (Å²) in [4.78, 5) is 28.4. The predicted molar refractivity (Wildman–Crippen MR) is 155 cm³/mol. The molecule has 1 unspecified atom stereocenters. The van der Waals surface area contributed by atoms with Crippen molar-refractivity contribution in [1.82, 2.24) is 15.1 Å². The van der Waals surface area contributed by atoms with Gasteiger partial charge in [-0.1, -0.05) is 72.3 Å². The molecule has 3 aromatic carbocycles. The molecule has 1 aliphatic rings. The SMILES string of the molecule is Cc1cccc(C2SCC(=O)N(CC(=O)NC(C)C)c3c2c(-c2ccccc2)nn3-c2cccc(C)c2)c1. The highest BCUT2D eigenvalue weighted by Crippen LogP contribution is 2.48. The van der Waals surface area contributed by atoms with Gasteiger partial charge in [-0.05, 0) is 51.0 Å². The van der Waals surface area contributed by atoms with E-state index in [9.17, 15) is 9.59 Å². The average Bonchev–Trinajstić information content (AvgIpc) is 3.21. The lowest BCUT2D eigenvalue weighted by molar-refractivity contribution is -0.123. The lowest BCUT2D eigenvalue weighted by Crippen LogP contribution is -2.44. The van der Waals surface area contributed by atoms with Crippen LogP contribution in [0.2, 0.25) is 0 Å². The molecule has 1 aliphatic heterocycles. The Morgan fingerprint density at radius 1 is 1.00 bits per heavy atom. The molecule has 0 saturated carbocycles. The fourth-order valence-corrected chi connectivity index (χ4v) is 6.06. The van der Waals surface area contributed by atoms with Crippen molar-refractivity contribution in [3.63, 3.8) is 0 Å². The Morgan fingerprint density at radius 3 is 2.39 bits per heavy atom. The van der Waals surface area contributed by atoms with Crippen molar-refractivity contribution in [2.45, 2.75) is 39.0 Å². The first-order valence-corrected chi connectivity index (χ1v) is 13.9. The minimum absolute atomic E-state index is 0.0277. The first-order chi connectivity index (χ1) is 18.3. The summed E-state index contributed by atoms with van der Waals surface area (Å²) in [5.74, 6) is 0.592. The molecule has 194 valence electrons. The van der Waals surface area contributed by atoms with Crippen molar-refractivity contribution >= 4 is 29.4 Å². The Labute approximate surface area is 228 Å². The number of carbonyl (C=O) groups excluding carboxylic acids is 2. The third kappa shape index (κ3) is 5.24. The monoisotopic (exact) mass is 524 g/mol. The number of hydrogen-bond acceptors (Lipinski definition) is 4. The molecule has 1 N–H and O–H groups in total. The maximum Gasteiger partial charge on any atom is 0.240 e.